The summed E-state index contributed by atoms with van der Waals surface area (Å²) in [5, 5.41) is 0. The van der Waals surface area contributed by atoms with Gasteiger partial charge in [-0.2, -0.15) is 4.98 Å². The molecule has 2 aromatic rings. The van der Waals surface area contributed by atoms with Crippen molar-refractivity contribution in [1.82, 2.24) is 4.98 Å². The van der Waals surface area contributed by atoms with Gasteiger partial charge in [0.2, 0.25) is 0 Å². The molecule has 1 aromatic carbocycles. The number of hydrogen-bond acceptors (Lipinski definition) is 5. The largest absolute Gasteiger partial charge is 0.461 e. The zero-order chi connectivity index (χ0) is 13.8. The smallest absolute Gasteiger partial charge is 0.399 e. The van der Waals surface area contributed by atoms with Crippen LogP contribution in [0.5, 0.6) is 11.8 Å². The summed E-state index contributed by atoms with van der Waals surface area (Å²) in [6.45, 7) is 3.95. The Kier molecular flexibility index (Phi) is 4.21. The summed E-state index contributed by atoms with van der Waals surface area (Å²) >= 11 is 3.40. The highest BCUT2D eigenvalue weighted by Gasteiger charge is 2.14. The number of rotatable bonds is 4. The summed E-state index contributed by atoms with van der Waals surface area (Å²) in [4.78, 5) is 15.3. The molecule has 6 heteroatoms. The van der Waals surface area contributed by atoms with Gasteiger partial charge < -0.3 is 13.9 Å². The van der Waals surface area contributed by atoms with Gasteiger partial charge in [-0.3, -0.25) is 0 Å². The van der Waals surface area contributed by atoms with E-state index in [0.717, 1.165) is 10.0 Å². The van der Waals surface area contributed by atoms with Crippen LogP contribution in [0.25, 0.3) is 0 Å². The lowest BCUT2D eigenvalue weighted by molar-refractivity contribution is 0.0519. The maximum Gasteiger partial charge on any atom is 0.399 e. The number of aromatic nitrogens is 1. The van der Waals surface area contributed by atoms with Crippen LogP contribution < -0.4 is 4.74 Å². The van der Waals surface area contributed by atoms with Gasteiger partial charge in [0.15, 0.2) is 5.69 Å². The molecule has 0 spiro atoms. The van der Waals surface area contributed by atoms with Crippen molar-refractivity contribution in [2.24, 2.45) is 0 Å². The predicted octanol–water partition coefficient (Wildman–Crippen LogP) is 3.71. The number of aryl methyl sites for hydroxylation is 1. The summed E-state index contributed by atoms with van der Waals surface area (Å²) in [5.41, 5.74) is 1.11. The van der Waals surface area contributed by atoms with Crippen molar-refractivity contribution in [2.45, 2.75) is 13.8 Å². The molecule has 0 unspecified atom stereocenters. The molecular weight excluding hydrogens is 314 g/mol. The highest BCUT2D eigenvalue weighted by Crippen LogP contribution is 2.25. The van der Waals surface area contributed by atoms with Crippen LogP contribution in [-0.2, 0) is 4.74 Å². The molecule has 100 valence electrons. The van der Waals surface area contributed by atoms with Gasteiger partial charge in [-0.25, -0.2) is 4.79 Å². The first-order valence-electron chi connectivity index (χ1n) is 5.67. The Morgan fingerprint density at radius 1 is 1.47 bits per heavy atom. The summed E-state index contributed by atoms with van der Waals surface area (Å²) in [6, 6.07) is 5.46. The fraction of sp³-hybridized carbons (Fsp3) is 0.231. The van der Waals surface area contributed by atoms with Crippen LogP contribution in [0.15, 0.2) is 33.4 Å². The first-order chi connectivity index (χ1) is 9.10. The van der Waals surface area contributed by atoms with Gasteiger partial charge in [0.25, 0.3) is 0 Å². The van der Waals surface area contributed by atoms with Crippen molar-refractivity contribution in [3.05, 3.63) is 40.2 Å². The number of benzene rings is 1. The van der Waals surface area contributed by atoms with E-state index >= 15 is 0 Å². The average molecular weight is 326 g/mol. The molecule has 0 atom stereocenters. The van der Waals surface area contributed by atoms with Crippen LogP contribution in [0.1, 0.15) is 23.0 Å². The molecule has 0 radical (unpaired) electrons. The molecule has 0 fully saturated rings. The van der Waals surface area contributed by atoms with E-state index in [9.17, 15) is 4.79 Å². The zero-order valence-electron chi connectivity index (χ0n) is 10.5. The van der Waals surface area contributed by atoms with Gasteiger partial charge in [0.05, 0.1) is 6.61 Å². The van der Waals surface area contributed by atoms with Crippen molar-refractivity contribution < 1.29 is 18.7 Å². The fourth-order valence-corrected chi connectivity index (χ4v) is 1.63. The Hall–Kier alpha value is -1.82. The van der Waals surface area contributed by atoms with Gasteiger partial charge in [0, 0.05) is 4.47 Å². The van der Waals surface area contributed by atoms with Crippen LogP contribution in [0.3, 0.4) is 0 Å². The highest BCUT2D eigenvalue weighted by atomic mass is 79.9. The highest BCUT2D eigenvalue weighted by molar-refractivity contribution is 9.10. The number of carbonyl (C=O) groups excluding carboxylic acids is 1. The molecule has 5 nitrogen and oxygen atoms in total. The molecule has 1 heterocycles. The Morgan fingerprint density at radius 3 is 2.95 bits per heavy atom. The van der Waals surface area contributed by atoms with Gasteiger partial charge in [0.1, 0.15) is 12.0 Å². The fourth-order valence-electron chi connectivity index (χ4n) is 1.38. The van der Waals surface area contributed by atoms with Gasteiger partial charge in [-0.15, -0.1) is 0 Å². The maximum atomic E-state index is 11.4. The molecule has 19 heavy (non-hydrogen) atoms. The normalized spacial score (nSPS) is 10.3. The predicted molar refractivity (Wildman–Crippen MR) is 71.4 cm³/mol. The van der Waals surface area contributed by atoms with E-state index in [1.165, 1.54) is 6.26 Å². The van der Waals surface area contributed by atoms with E-state index < -0.39 is 5.97 Å². The molecule has 0 N–H and O–H groups in total. The number of halogens is 1. The van der Waals surface area contributed by atoms with Crippen molar-refractivity contribution >= 4 is 21.9 Å². The zero-order valence-corrected chi connectivity index (χ0v) is 12.1. The van der Waals surface area contributed by atoms with Crippen molar-refractivity contribution in [3.63, 3.8) is 0 Å². The third kappa shape index (κ3) is 3.35. The molecule has 0 amide bonds. The standard InChI is InChI=1S/C13H12BrNO4/c1-3-17-12(16)11-7-18-13(15-11)19-9-4-5-10(14)8(2)6-9/h4-7H,3H2,1-2H3. The number of ether oxygens (including phenoxy) is 2. The number of esters is 1. The second-order valence-electron chi connectivity index (χ2n) is 3.73. The maximum absolute atomic E-state index is 11.4. The quantitative estimate of drug-likeness (QED) is 0.802. The van der Waals surface area contributed by atoms with Gasteiger partial charge in [-0.05, 0) is 37.6 Å². The van der Waals surface area contributed by atoms with E-state index in [4.69, 9.17) is 13.9 Å². The Morgan fingerprint density at radius 2 is 2.26 bits per heavy atom. The second-order valence-corrected chi connectivity index (χ2v) is 4.59. The van der Waals surface area contributed by atoms with Crippen LogP contribution >= 0.6 is 15.9 Å². The summed E-state index contributed by atoms with van der Waals surface area (Å²) < 4.78 is 16.3. The molecule has 0 bridgehead atoms. The topological polar surface area (TPSA) is 61.6 Å². The monoisotopic (exact) mass is 325 g/mol. The lowest BCUT2D eigenvalue weighted by atomic mass is 10.2. The van der Waals surface area contributed by atoms with Gasteiger partial charge in [-0.1, -0.05) is 15.9 Å². The molecule has 0 saturated carbocycles. The SMILES string of the molecule is CCOC(=O)c1coc(Oc2ccc(Br)c(C)c2)n1. The number of oxazole rings is 1. The van der Waals surface area contributed by atoms with Crippen molar-refractivity contribution in [1.29, 1.82) is 0 Å². The first-order valence-corrected chi connectivity index (χ1v) is 6.46. The summed E-state index contributed by atoms with van der Waals surface area (Å²) in [5.74, 6) is 0.0473. The first kappa shape index (κ1) is 13.6. The molecule has 0 aliphatic carbocycles. The van der Waals surface area contributed by atoms with Gasteiger partial charge >= 0.3 is 12.0 Å². The minimum Gasteiger partial charge on any atom is -0.461 e. The summed E-state index contributed by atoms with van der Waals surface area (Å²) in [6.07, 6.45) is 1.21. The molecule has 0 aliphatic rings. The van der Waals surface area contributed by atoms with E-state index in [-0.39, 0.29) is 18.4 Å². The number of carbonyl (C=O) groups is 1. The average Bonchev–Trinajstić information content (AvgIpc) is 2.83. The van der Waals surface area contributed by atoms with E-state index in [0.29, 0.717) is 5.75 Å². The molecule has 1 aromatic heterocycles. The summed E-state index contributed by atoms with van der Waals surface area (Å²) in [7, 11) is 0. The number of nitrogens with zero attached hydrogens (tertiary/aromatic N) is 1. The number of hydrogen-bond donors (Lipinski definition) is 0. The van der Waals surface area contributed by atoms with Crippen molar-refractivity contribution in [2.75, 3.05) is 6.61 Å². The van der Waals surface area contributed by atoms with E-state index in [2.05, 4.69) is 20.9 Å². The Balaban J connectivity index is 2.11. The second kappa shape index (κ2) is 5.88. The third-order valence-corrected chi connectivity index (χ3v) is 3.19. The lowest BCUT2D eigenvalue weighted by Crippen LogP contribution is -2.04. The van der Waals surface area contributed by atoms with E-state index in [1.54, 1.807) is 13.0 Å². The minimum absolute atomic E-state index is 0.00442. The lowest BCUT2D eigenvalue weighted by Gasteiger charge is -2.03. The van der Waals surface area contributed by atoms with Crippen molar-refractivity contribution in [3.8, 4) is 11.8 Å². The van der Waals surface area contributed by atoms with E-state index in [1.807, 2.05) is 19.1 Å². The van der Waals surface area contributed by atoms with Crippen LogP contribution in [0.4, 0.5) is 0 Å². The molecule has 0 saturated heterocycles. The van der Waals surface area contributed by atoms with Crippen LogP contribution in [0.2, 0.25) is 0 Å². The molecular formula is C13H12BrNO4. The molecule has 0 aliphatic heterocycles. The minimum atomic E-state index is -0.534. The Labute approximate surface area is 118 Å². The third-order valence-electron chi connectivity index (χ3n) is 2.30. The molecule has 2 rings (SSSR count). The van der Waals surface area contributed by atoms with Crippen LogP contribution in [-0.4, -0.2) is 17.6 Å². The van der Waals surface area contributed by atoms with Crippen LogP contribution in [0, 0.1) is 6.92 Å². The Bertz CT molecular complexity index is 594.